The zero-order chi connectivity index (χ0) is 15.6. The van der Waals surface area contributed by atoms with E-state index in [1.165, 1.54) is 0 Å². The van der Waals surface area contributed by atoms with Crippen molar-refractivity contribution in [3.8, 4) is 0 Å². The Morgan fingerprint density at radius 2 is 1.67 bits per heavy atom. The lowest BCUT2D eigenvalue weighted by atomic mass is 10.3. The van der Waals surface area contributed by atoms with E-state index >= 15 is 0 Å². The number of ether oxygens (including phenoxy) is 2. The van der Waals surface area contributed by atoms with Gasteiger partial charge in [-0.3, -0.25) is 0 Å². The van der Waals surface area contributed by atoms with Crippen LogP contribution in [-0.2, 0) is 22.8 Å². The normalized spacial score (nSPS) is 17.6. The summed E-state index contributed by atoms with van der Waals surface area (Å²) in [7, 11) is 3.85. The molecule has 0 radical (unpaired) electrons. The Morgan fingerprint density at radius 3 is 2.19 bits per heavy atom. The Morgan fingerprint density at radius 1 is 1.05 bits per heavy atom. The Bertz CT molecular complexity index is 259. The van der Waals surface area contributed by atoms with Gasteiger partial charge in [-0.2, -0.15) is 0 Å². The molecular formula is C13H30N2O5Si. The standard InChI is InChI=1S/C13H30N2O5Si/c1-16-13(17-2)12-20-21(18-3,19-4)11-5-8-15-9-6-14-7-10-15/h13-14H,5-12H2,1-4H3. The van der Waals surface area contributed by atoms with E-state index in [0.29, 0.717) is 6.61 Å². The van der Waals surface area contributed by atoms with Crippen molar-refractivity contribution in [2.75, 3.05) is 67.8 Å². The Balaban J connectivity index is 2.35. The second-order valence-corrected chi connectivity index (χ2v) is 7.97. The van der Waals surface area contributed by atoms with E-state index in [1.54, 1.807) is 28.4 Å². The van der Waals surface area contributed by atoms with Crippen molar-refractivity contribution in [2.24, 2.45) is 0 Å². The van der Waals surface area contributed by atoms with Crippen molar-refractivity contribution in [3.63, 3.8) is 0 Å². The van der Waals surface area contributed by atoms with Crippen LogP contribution in [0, 0.1) is 0 Å². The summed E-state index contributed by atoms with van der Waals surface area (Å²) in [6.45, 7) is 5.70. The number of hydrogen-bond acceptors (Lipinski definition) is 7. The van der Waals surface area contributed by atoms with Crippen LogP contribution in [0.25, 0.3) is 0 Å². The molecule has 0 aromatic rings. The molecule has 0 aliphatic carbocycles. The molecule has 0 amide bonds. The molecule has 0 atom stereocenters. The van der Waals surface area contributed by atoms with E-state index in [0.717, 1.165) is 45.2 Å². The predicted octanol–water partition coefficient (Wildman–Crippen LogP) is 0.149. The molecule has 7 nitrogen and oxygen atoms in total. The van der Waals surface area contributed by atoms with Crippen molar-refractivity contribution < 1.29 is 22.8 Å². The molecule has 1 aliphatic heterocycles. The molecule has 0 spiro atoms. The van der Waals surface area contributed by atoms with Gasteiger partial charge in [-0.05, 0) is 13.0 Å². The Labute approximate surface area is 129 Å². The van der Waals surface area contributed by atoms with Gasteiger partial charge < -0.3 is 33.0 Å². The van der Waals surface area contributed by atoms with Crippen molar-refractivity contribution in [1.29, 1.82) is 0 Å². The summed E-state index contributed by atoms with van der Waals surface area (Å²) in [4.78, 5) is 2.45. The minimum Gasteiger partial charge on any atom is -0.377 e. The predicted molar refractivity (Wildman–Crippen MR) is 82.3 cm³/mol. The van der Waals surface area contributed by atoms with E-state index in [1.807, 2.05) is 0 Å². The number of piperazine rings is 1. The third-order valence-electron chi connectivity index (χ3n) is 3.75. The molecule has 0 saturated carbocycles. The van der Waals surface area contributed by atoms with E-state index < -0.39 is 15.1 Å². The van der Waals surface area contributed by atoms with Crippen molar-refractivity contribution >= 4 is 8.80 Å². The molecule has 1 aliphatic rings. The molecule has 1 fully saturated rings. The van der Waals surface area contributed by atoms with Gasteiger partial charge in [0.05, 0.1) is 6.61 Å². The highest BCUT2D eigenvalue weighted by atomic mass is 28.4. The molecular weight excluding hydrogens is 292 g/mol. The first-order chi connectivity index (χ1) is 10.2. The fourth-order valence-electron chi connectivity index (χ4n) is 2.36. The van der Waals surface area contributed by atoms with Crippen LogP contribution in [0.1, 0.15) is 6.42 Å². The molecule has 8 heteroatoms. The zero-order valence-corrected chi connectivity index (χ0v) is 14.7. The van der Waals surface area contributed by atoms with Crippen LogP contribution in [0.4, 0.5) is 0 Å². The summed E-state index contributed by atoms with van der Waals surface area (Å²) >= 11 is 0. The van der Waals surface area contributed by atoms with Gasteiger partial charge in [-0.1, -0.05) is 0 Å². The molecule has 126 valence electrons. The highest BCUT2D eigenvalue weighted by molar-refractivity contribution is 6.60. The van der Waals surface area contributed by atoms with Crippen LogP contribution >= 0.6 is 0 Å². The highest BCUT2D eigenvalue weighted by Crippen LogP contribution is 2.17. The molecule has 1 saturated heterocycles. The van der Waals surface area contributed by atoms with Gasteiger partial charge >= 0.3 is 8.80 Å². The topological polar surface area (TPSA) is 61.4 Å². The first kappa shape index (κ1) is 19.0. The molecule has 1 N–H and O–H groups in total. The van der Waals surface area contributed by atoms with Crippen molar-refractivity contribution in [2.45, 2.75) is 18.8 Å². The van der Waals surface area contributed by atoms with E-state index in [2.05, 4.69) is 10.2 Å². The van der Waals surface area contributed by atoms with Crippen LogP contribution in [0.2, 0.25) is 6.04 Å². The average Bonchev–Trinajstić information content (AvgIpc) is 2.55. The number of nitrogens with one attached hydrogen (secondary N) is 1. The van der Waals surface area contributed by atoms with Gasteiger partial charge in [0.15, 0.2) is 6.29 Å². The van der Waals surface area contributed by atoms with Gasteiger partial charge in [0.1, 0.15) is 0 Å². The smallest absolute Gasteiger partial charge is 0.377 e. The van der Waals surface area contributed by atoms with Crippen LogP contribution in [-0.4, -0.2) is 87.8 Å². The van der Waals surface area contributed by atoms with Gasteiger partial charge in [0.25, 0.3) is 0 Å². The summed E-state index contributed by atoms with van der Waals surface area (Å²) in [5.41, 5.74) is 0. The largest absolute Gasteiger partial charge is 0.500 e. The van der Waals surface area contributed by atoms with E-state index in [-0.39, 0.29) is 0 Å². The molecule has 0 unspecified atom stereocenters. The third-order valence-corrected chi connectivity index (χ3v) is 6.57. The quantitative estimate of drug-likeness (QED) is 0.429. The summed E-state index contributed by atoms with van der Waals surface area (Å²) in [5.74, 6) is 0. The lowest BCUT2D eigenvalue weighted by molar-refractivity contribution is -0.131. The van der Waals surface area contributed by atoms with Crippen molar-refractivity contribution in [3.05, 3.63) is 0 Å². The third kappa shape index (κ3) is 6.70. The second-order valence-electron chi connectivity index (χ2n) is 5.00. The maximum absolute atomic E-state index is 5.87. The SMILES string of the molecule is COC(CO[Si](CCCN1CCNCC1)(OC)OC)OC. The van der Waals surface area contributed by atoms with Gasteiger partial charge in [0.2, 0.25) is 0 Å². The summed E-state index contributed by atoms with van der Waals surface area (Å²) in [6, 6.07) is 0.796. The van der Waals surface area contributed by atoms with E-state index in [4.69, 9.17) is 22.8 Å². The number of hydrogen-bond donors (Lipinski definition) is 1. The molecule has 0 aromatic carbocycles. The number of rotatable bonds is 11. The maximum atomic E-state index is 5.87. The first-order valence-corrected chi connectivity index (χ1v) is 9.35. The van der Waals surface area contributed by atoms with Crippen LogP contribution in [0.3, 0.4) is 0 Å². The van der Waals surface area contributed by atoms with Gasteiger partial charge in [0, 0.05) is 60.7 Å². The fraction of sp³-hybridized carbons (Fsp3) is 1.00. The summed E-state index contributed by atoms with van der Waals surface area (Å²) in [5, 5.41) is 3.35. The minimum absolute atomic E-state index is 0.314. The molecule has 21 heavy (non-hydrogen) atoms. The molecule has 0 aromatic heterocycles. The Hall–Kier alpha value is -0.0631. The molecule has 0 bridgehead atoms. The van der Waals surface area contributed by atoms with Crippen molar-refractivity contribution in [1.82, 2.24) is 10.2 Å². The lowest BCUT2D eigenvalue weighted by Gasteiger charge is -2.30. The second kappa shape index (κ2) is 10.6. The van der Waals surface area contributed by atoms with E-state index in [9.17, 15) is 0 Å². The number of methoxy groups -OCH3 is 2. The Kier molecular flexibility index (Phi) is 9.61. The fourth-order valence-corrected chi connectivity index (χ4v) is 4.29. The molecule has 1 rings (SSSR count). The van der Waals surface area contributed by atoms with Crippen LogP contribution in [0.15, 0.2) is 0 Å². The minimum atomic E-state index is -2.63. The first-order valence-electron chi connectivity index (χ1n) is 7.42. The monoisotopic (exact) mass is 322 g/mol. The maximum Gasteiger partial charge on any atom is 0.500 e. The van der Waals surface area contributed by atoms with Crippen LogP contribution in [0.5, 0.6) is 0 Å². The summed E-state index contributed by atoms with van der Waals surface area (Å²) in [6.07, 6.45) is 0.605. The highest BCUT2D eigenvalue weighted by Gasteiger charge is 2.39. The average molecular weight is 322 g/mol. The number of nitrogens with zero attached hydrogens (tertiary/aromatic N) is 1. The van der Waals surface area contributed by atoms with Gasteiger partial charge in [-0.15, -0.1) is 0 Å². The van der Waals surface area contributed by atoms with Gasteiger partial charge in [-0.25, -0.2) is 0 Å². The lowest BCUT2D eigenvalue weighted by Crippen LogP contribution is -2.47. The molecule has 1 heterocycles. The zero-order valence-electron chi connectivity index (χ0n) is 13.7. The summed E-state index contributed by atoms with van der Waals surface area (Å²) < 4.78 is 27.3. The van der Waals surface area contributed by atoms with Crippen LogP contribution < -0.4 is 5.32 Å².